The highest BCUT2D eigenvalue weighted by atomic mass is 79.9. The third-order valence-electron chi connectivity index (χ3n) is 2.18. The molecule has 3 nitrogen and oxygen atoms in total. The molecule has 0 atom stereocenters. The van der Waals surface area contributed by atoms with Crippen molar-refractivity contribution < 1.29 is 0 Å². The van der Waals surface area contributed by atoms with E-state index in [4.69, 9.17) is 5.73 Å². The van der Waals surface area contributed by atoms with Crippen LogP contribution >= 0.6 is 31.9 Å². The molecule has 0 saturated heterocycles. The quantitative estimate of drug-likeness (QED) is 0.872. The number of hydrogen-bond acceptors (Lipinski definition) is 2. The van der Waals surface area contributed by atoms with Gasteiger partial charge in [0.05, 0.1) is 0 Å². The average molecular weight is 331 g/mol. The number of nitrogen functional groups attached to an aromatic ring is 1. The van der Waals surface area contributed by atoms with Crippen molar-refractivity contribution in [2.24, 2.45) is 7.05 Å². The number of hydrogen-bond donors (Lipinski definition) is 1. The lowest BCUT2D eigenvalue weighted by Crippen LogP contribution is -1.96. The molecule has 1 aromatic heterocycles. The van der Waals surface area contributed by atoms with Crippen LogP contribution in [-0.4, -0.2) is 9.55 Å². The summed E-state index contributed by atoms with van der Waals surface area (Å²) in [6.07, 6.45) is 0. The van der Waals surface area contributed by atoms with Crippen molar-refractivity contribution in [1.29, 1.82) is 0 Å². The molecule has 0 saturated carbocycles. The molecule has 0 spiro atoms. The number of anilines is 1. The zero-order valence-corrected chi connectivity index (χ0v) is 11.2. The minimum atomic E-state index is 0.500. The Bertz CT molecular complexity index is 488. The Labute approximate surface area is 105 Å². The van der Waals surface area contributed by atoms with E-state index in [-0.39, 0.29) is 0 Å². The summed E-state index contributed by atoms with van der Waals surface area (Å²) < 4.78 is 3.74. The van der Waals surface area contributed by atoms with Crippen LogP contribution in [0.1, 0.15) is 0 Å². The average Bonchev–Trinajstić information content (AvgIpc) is 2.47. The van der Waals surface area contributed by atoms with Crippen LogP contribution in [-0.2, 0) is 7.05 Å². The lowest BCUT2D eigenvalue weighted by molar-refractivity contribution is 0.907. The molecule has 0 fully saturated rings. The van der Waals surface area contributed by atoms with E-state index in [2.05, 4.69) is 36.8 Å². The summed E-state index contributed by atoms with van der Waals surface area (Å²) in [5.74, 6) is 0.500. The summed E-state index contributed by atoms with van der Waals surface area (Å²) >= 11 is 6.86. The van der Waals surface area contributed by atoms with E-state index in [0.717, 1.165) is 20.3 Å². The van der Waals surface area contributed by atoms with Gasteiger partial charge in [0.2, 0.25) is 5.95 Å². The van der Waals surface area contributed by atoms with E-state index in [0.29, 0.717) is 5.95 Å². The molecule has 2 N–H and O–H groups in total. The van der Waals surface area contributed by atoms with Crippen molar-refractivity contribution in [1.82, 2.24) is 9.55 Å². The van der Waals surface area contributed by atoms with Crippen LogP contribution < -0.4 is 5.73 Å². The maximum atomic E-state index is 5.72. The van der Waals surface area contributed by atoms with Gasteiger partial charge in [-0.15, -0.1) is 0 Å². The summed E-state index contributed by atoms with van der Waals surface area (Å²) in [5, 5.41) is 0. The molecule has 2 aromatic rings. The highest BCUT2D eigenvalue weighted by molar-refractivity contribution is 9.10. The standard InChI is InChI=1S/C10H9Br2N3/c1-15-9(12)8(14-10(15)13)6-2-4-7(11)5-3-6/h2-5H,1H3,(H2,13,14). The Morgan fingerprint density at radius 3 is 2.27 bits per heavy atom. The van der Waals surface area contributed by atoms with Gasteiger partial charge in [0, 0.05) is 17.1 Å². The topological polar surface area (TPSA) is 43.8 Å². The predicted molar refractivity (Wildman–Crippen MR) is 68.5 cm³/mol. The third-order valence-corrected chi connectivity index (χ3v) is 3.61. The van der Waals surface area contributed by atoms with Gasteiger partial charge in [-0.3, -0.25) is 0 Å². The minimum Gasteiger partial charge on any atom is -0.369 e. The Balaban J connectivity index is 2.54. The van der Waals surface area contributed by atoms with Gasteiger partial charge in [0.25, 0.3) is 0 Å². The molecule has 0 aliphatic heterocycles. The van der Waals surface area contributed by atoms with Gasteiger partial charge in [-0.05, 0) is 28.1 Å². The summed E-state index contributed by atoms with van der Waals surface area (Å²) in [5.41, 5.74) is 7.62. The SMILES string of the molecule is Cn1c(N)nc(-c2ccc(Br)cc2)c1Br. The maximum absolute atomic E-state index is 5.72. The van der Waals surface area contributed by atoms with Gasteiger partial charge in [-0.25, -0.2) is 4.98 Å². The van der Waals surface area contributed by atoms with Crippen molar-refractivity contribution in [3.63, 3.8) is 0 Å². The first-order valence-corrected chi connectivity index (χ1v) is 5.92. The van der Waals surface area contributed by atoms with E-state index in [1.807, 2.05) is 31.3 Å². The zero-order chi connectivity index (χ0) is 11.0. The molecule has 0 bridgehead atoms. The monoisotopic (exact) mass is 329 g/mol. The lowest BCUT2D eigenvalue weighted by Gasteiger charge is -1.98. The number of rotatable bonds is 1. The Kier molecular flexibility index (Phi) is 2.84. The molecule has 0 radical (unpaired) electrons. The molecular formula is C10H9Br2N3. The van der Waals surface area contributed by atoms with Gasteiger partial charge in [-0.2, -0.15) is 0 Å². The number of benzene rings is 1. The molecule has 1 heterocycles. The predicted octanol–water partition coefficient (Wildman–Crippen LogP) is 3.19. The summed E-state index contributed by atoms with van der Waals surface area (Å²) in [6.45, 7) is 0. The fourth-order valence-electron chi connectivity index (χ4n) is 1.29. The first-order valence-electron chi connectivity index (χ1n) is 4.33. The first-order chi connectivity index (χ1) is 7.09. The largest absolute Gasteiger partial charge is 0.369 e. The minimum absolute atomic E-state index is 0.500. The van der Waals surface area contributed by atoms with Crippen molar-refractivity contribution in [3.8, 4) is 11.3 Å². The van der Waals surface area contributed by atoms with Crippen LogP contribution in [0.4, 0.5) is 5.95 Å². The fourth-order valence-corrected chi connectivity index (χ4v) is 2.05. The van der Waals surface area contributed by atoms with Gasteiger partial charge in [-0.1, -0.05) is 28.1 Å². The second-order valence-corrected chi connectivity index (χ2v) is 4.84. The molecule has 1 aromatic carbocycles. The molecule has 0 aliphatic carbocycles. The van der Waals surface area contributed by atoms with E-state index in [1.54, 1.807) is 4.57 Å². The van der Waals surface area contributed by atoms with E-state index < -0.39 is 0 Å². The number of nitrogens with two attached hydrogens (primary N) is 1. The summed E-state index contributed by atoms with van der Waals surface area (Å²) in [6, 6.07) is 7.95. The van der Waals surface area contributed by atoms with Gasteiger partial charge >= 0.3 is 0 Å². The van der Waals surface area contributed by atoms with Crippen LogP contribution in [0.25, 0.3) is 11.3 Å². The van der Waals surface area contributed by atoms with Crippen LogP contribution in [0.2, 0.25) is 0 Å². The van der Waals surface area contributed by atoms with Crippen molar-refractivity contribution in [2.45, 2.75) is 0 Å². The molecule has 0 amide bonds. The van der Waals surface area contributed by atoms with Crippen LogP contribution in [0.15, 0.2) is 33.3 Å². The summed E-state index contributed by atoms with van der Waals surface area (Å²) in [4.78, 5) is 4.29. The van der Waals surface area contributed by atoms with Crippen molar-refractivity contribution in [2.75, 3.05) is 5.73 Å². The number of halogens is 2. The molecular weight excluding hydrogens is 322 g/mol. The van der Waals surface area contributed by atoms with Crippen LogP contribution in [0.5, 0.6) is 0 Å². The highest BCUT2D eigenvalue weighted by Gasteiger charge is 2.11. The van der Waals surface area contributed by atoms with Gasteiger partial charge < -0.3 is 10.3 Å². The maximum Gasteiger partial charge on any atom is 0.201 e. The Morgan fingerprint density at radius 2 is 1.80 bits per heavy atom. The second kappa shape index (κ2) is 3.98. The number of imidazole rings is 1. The smallest absolute Gasteiger partial charge is 0.201 e. The van der Waals surface area contributed by atoms with Crippen LogP contribution in [0, 0.1) is 0 Å². The molecule has 15 heavy (non-hydrogen) atoms. The van der Waals surface area contributed by atoms with Gasteiger partial charge in [0.15, 0.2) is 0 Å². The first kappa shape index (κ1) is 10.7. The van der Waals surface area contributed by atoms with E-state index in [9.17, 15) is 0 Å². The molecule has 2 rings (SSSR count). The number of aromatic nitrogens is 2. The third kappa shape index (κ3) is 1.94. The molecule has 0 unspecified atom stereocenters. The summed E-state index contributed by atoms with van der Waals surface area (Å²) in [7, 11) is 1.87. The Morgan fingerprint density at radius 1 is 1.20 bits per heavy atom. The second-order valence-electron chi connectivity index (χ2n) is 3.18. The van der Waals surface area contributed by atoms with Crippen molar-refractivity contribution >= 4 is 37.8 Å². The van der Waals surface area contributed by atoms with Gasteiger partial charge in [0.1, 0.15) is 10.3 Å². The van der Waals surface area contributed by atoms with E-state index in [1.165, 1.54) is 0 Å². The lowest BCUT2D eigenvalue weighted by atomic mass is 10.2. The van der Waals surface area contributed by atoms with E-state index >= 15 is 0 Å². The highest BCUT2D eigenvalue weighted by Crippen LogP contribution is 2.29. The normalized spacial score (nSPS) is 10.6. The molecule has 5 heteroatoms. The zero-order valence-electron chi connectivity index (χ0n) is 8.04. The Hall–Kier alpha value is -0.810. The molecule has 78 valence electrons. The molecule has 0 aliphatic rings. The van der Waals surface area contributed by atoms with Crippen molar-refractivity contribution in [3.05, 3.63) is 33.3 Å². The number of nitrogens with zero attached hydrogens (tertiary/aromatic N) is 2. The fraction of sp³-hybridized carbons (Fsp3) is 0.100. The van der Waals surface area contributed by atoms with Crippen LogP contribution in [0.3, 0.4) is 0 Å².